The van der Waals surface area contributed by atoms with Crippen LogP contribution < -0.4 is 20.1 Å². The molecule has 9 nitrogen and oxygen atoms in total. The number of aromatic nitrogens is 2. The third kappa shape index (κ3) is 4.41. The fourth-order valence-corrected chi connectivity index (χ4v) is 2.57. The molecular weight excluding hydrogens is 348 g/mol. The average molecular weight is 364 g/mol. The first-order valence-corrected chi connectivity index (χ1v) is 8.46. The van der Waals surface area contributed by atoms with E-state index < -0.39 is 11.9 Å². The predicted octanol–water partition coefficient (Wildman–Crippen LogP) is 1.79. The van der Waals surface area contributed by atoms with Gasteiger partial charge in [0.1, 0.15) is 0 Å². The molecule has 0 atom stereocenters. The van der Waals surface area contributed by atoms with Gasteiger partial charge < -0.3 is 19.2 Å². The second-order valence-electron chi connectivity index (χ2n) is 5.41. The molecular formula is C15H16N4O5S. The van der Waals surface area contributed by atoms with Gasteiger partial charge in [0.2, 0.25) is 18.6 Å². The van der Waals surface area contributed by atoms with Gasteiger partial charge in [-0.15, -0.1) is 10.2 Å². The van der Waals surface area contributed by atoms with Crippen LogP contribution in [0, 0.1) is 0 Å². The quantitative estimate of drug-likeness (QED) is 0.772. The van der Waals surface area contributed by atoms with E-state index in [2.05, 4.69) is 20.8 Å². The number of hydrogen-bond donors (Lipinski definition) is 2. The summed E-state index contributed by atoms with van der Waals surface area (Å²) in [6.07, 6.45) is 0. The van der Waals surface area contributed by atoms with Gasteiger partial charge in [-0.3, -0.25) is 10.1 Å². The van der Waals surface area contributed by atoms with E-state index in [1.54, 1.807) is 32.0 Å². The van der Waals surface area contributed by atoms with Crippen LogP contribution in [0.4, 0.5) is 4.79 Å². The fraction of sp³-hybridized carbons (Fsp3) is 0.333. The van der Waals surface area contributed by atoms with Crippen LogP contribution in [0.25, 0.3) is 11.5 Å². The number of nitrogens with one attached hydrogen (secondary N) is 2. The zero-order valence-corrected chi connectivity index (χ0v) is 14.4. The molecule has 0 saturated carbocycles. The number of imide groups is 1. The highest BCUT2D eigenvalue weighted by Crippen LogP contribution is 2.35. The molecule has 25 heavy (non-hydrogen) atoms. The molecule has 2 N–H and O–H groups in total. The summed E-state index contributed by atoms with van der Waals surface area (Å²) in [4.78, 5) is 23.1. The third-order valence-electron chi connectivity index (χ3n) is 3.03. The van der Waals surface area contributed by atoms with Crippen molar-refractivity contribution in [3.63, 3.8) is 0 Å². The number of thioether (sulfide) groups is 1. The van der Waals surface area contributed by atoms with Crippen molar-refractivity contribution in [2.24, 2.45) is 0 Å². The first-order chi connectivity index (χ1) is 12.0. The second-order valence-corrected chi connectivity index (χ2v) is 6.33. The SMILES string of the molecule is CC(C)NC(=O)NC(=O)CSc1nnc(-c2ccc3c(c2)OCO3)o1. The molecule has 0 bridgehead atoms. The van der Waals surface area contributed by atoms with Crippen LogP contribution >= 0.6 is 11.8 Å². The van der Waals surface area contributed by atoms with Crippen LogP contribution in [0.15, 0.2) is 27.8 Å². The Kier molecular flexibility index (Phi) is 5.08. The van der Waals surface area contributed by atoms with Crippen molar-refractivity contribution in [3.05, 3.63) is 18.2 Å². The van der Waals surface area contributed by atoms with Crippen LogP contribution in [0.2, 0.25) is 0 Å². The van der Waals surface area contributed by atoms with E-state index >= 15 is 0 Å². The largest absolute Gasteiger partial charge is 0.454 e. The highest BCUT2D eigenvalue weighted by atomic mass is 32.2. The van der Waals surface area contributed by atoms with E-state index in [0.29, 0.717) is 23.0 Å². The topological polar surface area (TPSA) is 116 Å². The Morgan fingerprint density at radius 2 is 2.04 bits per heavy atom. The summed E-state index contributed by atoms with van der Waals surface area (Å²) < 4.78 is 16.1. The molecule has 2 heterocycles. The molecule has 2 aromatic rings. The zero-order valence-electron chi connectivity index (χ0n) is 13.6. The molecule has 0 spiro atoms. The van der Waals surface area contributed by atoms with E-state index in [-0.39, 0.29) is 23.8 Å². The van der Waals surface area contributed by atoms with Gasteiger partial charge in [0, 0.05) is 11.6 Å². The minimum atomic E-state index is -0.535. The molecule has 10 heteroatoms. The number of rotatable bonds is 5. The first kappa shape index (κ1) is 17.1. The molecule has 0 unspecified atom stereocenters. The van der Waals surface area contributed by atoms with E-state index in [1.807, 2.05) is 0 Å². The van der Waals surface area contributed by atoms with Gasteiger partial charge in [-0.2, -0.15) is 0 Å². The number of carbonyl (C=O) groups is 2. The lowest BCUT2D eigenvalue weighted by Gasteiger charge is -2.08. The lowest BCUT2D eigenvalue weighted by atomic mass is 10.2. The molecule has 1 aliphatic rings. The number of amides is 3. The predicted molar refractivity (Wildman–Crippen MR) is 88.4 cm³/mol. The van der Waals surface area contributed by atoms with Crippen molar-refractivity contribution in [2.75, 3.05) is 12.5 Å². The fourth-order valence-electron chi connectivity index (χ4n) is 2.00. The lowest BCUT2D eigenvalue weighted by Crippen LogP contribution is -2.43. The van der Waals surface area contributed by atoms with Crippen molar-refractivity contribution in [1.82, 2.24) is 20.8 Å². The molecule has 0 aliphatic carbocycles. The monoisotopic (exact) mass is 364 g/mol. The Labute approximate surface area is 147 Å². The van der Waals surface area contributed by atoms with E-state index in [1.165, 1.54) is 0 Å². The van der Waals surface area contributed by atoms with Gasteiger partial charge in [0.25, 0.3) is 5.22 Å². The minimum Gasteiger partial charge on any atom is -0.454 e. The maximum atomic E-state index is 11.7. The van der Waals surface area contributed by atoms with Gasteiger partial charge in [0.15, 0.2) is 11.5 Å². The maximum absolute atomic E-state index is 11.7. The number of nitrogens with zero attached hydrogens (tertiary/aromatic N) is 2. The van der Waals surface area contributed by atoms with Gasteiger partial charge in [-0.25, -0.2) is 4.79 Å². The molecule has 3 rings (SSSR count). The third-order valence-corrected chi connectivity index (χ3v) is 3.84. The number of fused-ring (bicyclic) bond motifs is 1. The van der Waals surface area contributed by atoms with Gasteiger partial charge in [-0.1, -0.05) is 11.8 Å². The summed E-state index contributed by atoms with van der Waals surface area (Å²) in [5, 5.41) is 12.8. The Balaban J connectivity index is 1.55. The Hall–Kier alpha value is -2.75. The van der Waals surface area contributed by atoms with Crippen molar-refractivity contribution in [1.29, 1.82) is 0 Å². The summed E-state index contributed by atoms with van der Waals surface area (Å²) >= 11 is 1.04. The summed E-state index contributed by atoms with van der Waals surface area (Å²) in [5.41, 5.74) is 0.685. The summed E-state index contributed by atoms with van der Waals surface area (Å²) in [6, 6.07) is 4.69. The van der Waals surface area contributed by atoms with Crippen LogP contribution in [-0.2, 0) is 4.79 Å². The van der Waals surface area contributed by atoms with Gasteiger partial charge >= 0.3 is 6.03 Å². The zero-order chi connectivity index (χ0) is 17.8. The van der Waals surface area contributed by atoms with Crippen molar-refractivity contribution in [2.45, 2.75) is 25.1 Å². The maximum Gasteiger partial charge on any atom is 0.321 e. The van der Waals surface area contributed by atoms with Gasteiger partial charge in [-0.05, 0) is 32.0 Å². The normalized spacial score (nSPS) is 12.3. The molecule has 1 aromatic carbocycles. The highest BCUT2D eigenvalue weighted by Gasteiger charge is 2.17. The second kappa shape index (κ2) is 7.43. The smallest absolute Gasteiger partial charge is 0.321 e. The number of carbonyl (C=O) groups excluding carboxylic acids is 2. The standard InChI is InChI=1S/C15H16N4O5S/c1-8(2)16-14(21)17-12(20)6-25-15-19-18-13(24-15)9-3-4-10-11(5-9)23-7-22-10/h3-5,8H,6-7H2,1-2H3,(H2,16,17,20,21). The van der Waals surface area contributed by atoms with Crippen molar-refractivity contribution < 1.29 is 23.5 Å². The van der Waals surface area contributed by atoms with Crippen LogP contribution in [0.3, 0.4) is 0 Å². The number of benzene rings is 1. The summed E-state index contributed by atoms with van der Waals surface area (Å²) in [5.74, 6) is 1.10. The van der Waals surface area contributed by atoms with E-state index in [4.69, 9.17) is 13.9 Å². The van der Waals surface area contributed by atoms with Crippen LogP contribution in [0.1, 0.15) is 13.8 Å². The van der Waals surface area contributed by atoms with Gasteiger partial charge in [0.05, 0.1) is 5.75 Å². The van der Waals surface area contributed by atoms with Crippen molar-refractivity contribution >= 4 is 23.7 Å². The number of urea groups is 1. The number of ether oxygens (including phenoxy) is 2. The van der Waals surface area contributed by atoms with E-state index in [9.17, 15) is 9.59 Å². The molecule has 0 radical (unpaired) electrons. The average Bonchev–Trinajstić information content (AvgIpc) is 3.20. The molecule has 3 amide bonds. The van der Waals surface area contributed by atoms with Crippen LogP contribution in [0.5, 0.6) is 11.5 Å². The summed E-state index contributed by atoms with van der Waals surface area (Å²) in [6.45, 7) is 3.78. The number of hydrogen-bond acceptors (Lipinski definition) is 8. The Morgan fingerprint density at radius 3 is 2.84 bits per heavy atom. The van der Waals surface area contributed by atoms with Crippen molar-refractivity contribution in [3.8, 4) is 23.0 Å². The Morgan fingerprint density at radius 1 is 1.24 bits per heavy atom. The first-order valence-electron chi connectivity index (χ1n) is 7.48. The van der Waals surface area contributed by atoms with Crippen LogP contribution in [-0.4, -0.2) is 40.7 Å². The summed E-state index contributed by atoms with van der Waals surface area (Å²) in [7, 11) is 0. The van der Waals surface area contributed by atoms with E-state index in [0.717, 1.165) is 11.8 Å². The molecule has 1 aliphatic heterocycles. The molecule has 132 valence electrons. The highest BCUT2D eigenvalue weighted by molar-refractivity contribution is 7.99. The molecule has 0 saturated heterocycles. The Bertz CT molecular complexity index is 792. The minimum absolute atomic E-state index is 0.0196. The molecule has 1 aromatic heterocycles. The molecule has 0 fully saturated rings. The lowest BCUT2D eigenvalue weighted by molar-refractivity contribution is -0.117.